The molecule has 1 aliphatic carbocycles. The van der Waals surface area contributed by atoms with Crippen molar-refractivity contribution in [3.05, 3.63) is 22.3 Å². The Balaban J connectivity index is 2.72. The van der Waals surface area contributed by atoms with Gasteiger partial charge in [0.2, 0.25) is 0 Å². The molecule has 0 saturated heterocycles. The highest BCUT2D eigenvalue weighted by atomic mass is 19.1. The second-order valence-corrected chi connectivity index (χ2v) is 2.94. The number of H-pyrrole nitrogens is 1. The van der Waals surface area contributed by atoms with Gasteiger partial charge < -0.3 is 4.98 Å². The lowest BCUT2D eigenvalue weighted by Crippen LogP contribution is -2.27. The molecule has 0 radical (unpaired) electrons. The Hall–Kier alpha value is -1.05. The van der Waals surface area contributed by atoms with Crippen LogP contribution in [0.5, 0.6) is 0 Å². The maximum absolute atomic E-state index is 12.8. The van der Waals surface area contributed by atoms with E-state index in [1.165, 1.54) is 0 Å². The van der Waals surface area contributed by atoms with Crippen LogP contribution in [0.4, 0.5) is 4.39 Å². The van der Waals surface area contributed by atoms with Gasteiger partial charge in [-0.25, -0.2) is 4.39 Å². The molecule has 1 aromatic rings. The summed E-state index contributed by atoms with van der Waals surface area (Å²) in [6.45, 7) is 1.98. The molecule has 1 aliphatic rings. The Bertz CT molecular complexity index is 375. The van der Waals surface area contributed by atoms with Crippen LogP contribution in [0.15, 0.2) is 6.07 Å². The maximum Gasteiger partial charge on any atom is 0.123 e. The Kier molecular flexibility index (Phi) is 1.34. The van der Waals surface area contributed by atoms with Crippen LogP contribution in [0.1, 0.15) is 12.1 Å². The molecule has 1 heterocycles. The topological polar surface area (TPSA) is 15.8 Å². The molecule has 0 saturated carbocycles. The van der Waals surface area contributed by atoms with Crippen LogP contribution in [0.3, 0.4) is 0 Å². The quantitative estimate of drug-likeness (QED) is 0.559. The molecule has 1 unspecified atom stereocenters. The molecule has 0 fully saturated rings. The number of aromatic amines is 1. The Morgan fingerprint density at radius 3 is 3.27 bits per heavy atom. The van der Waals surface area contributed by atoms with Crippen molar-refractivity contribution in [3.63, 3.8) is 0 Å². The van der Waals surface area contributed by atoms with Gasteiger partial charge in [0.15, 0.2) is 0 Å². The van der Waals surface area contributed by atoms with Crippen molar-refractivity contribution in [1.82, 2.24) is 4.98 Å². The summed E-state index contributed by atoms with van der Waals surface area (Å²) in [5, 5.41) is 2.07. The molecule has 1 aromatic heterocycles. The van der Waals surface area contributed by atoms with Crippen LogP contribution in [-0.4, -0.2) is 11.2 Å². The van der Waals surface area contributed by atoms with Gasteiger partial charge in [0.05, 0.1) is 0 Å². The van der Waals surface area contributed by atoms with E-state index in [-0.39, 0.29) is 0 Å². The van der Waals surface area contributed by atoms with E-state index in [4.69, 9.17) is 0 Å². The van der Waals surface area contributed by atoms with Crippen molar-refractivity contribution in [2.45, 2.75) is 19.5 Å². The number of aryl methyl sites for hydroxylation is 1. The van der Waals surface area contributed by atoms with E-state index in [1.807, 2.05) is 19.1 Å². The van der Waals surface area contributed by atoms with Crippen LogP contribution in [0.2, 0.25) is 0 Å². The zero-order chi connectivity index (χ0) is 7.84. The van der Waals surface area contributed by atoms with Crippen LogP contribution >= 0.6 is 0 Å². The predicted molar refractivity (Wildman–Crippen MR) is 43.2 cm³/mol. The van der Waals surface area contributed by atoms with Crippen molar-refractivity contribution in [2.24, 2.45) is 0 Å². The minimum absolute atomic E-state index is 0.507. The van der Waals surface area contributed by atoms with E-state index in [1.54, 1.807) is 6.08 Å². The molecule has 0 amide bonds. The minimum Gasteiger partial charge on any atom is -0.359 e. The highest BCUT2D eigenvalue weighted by Crippen LogP contribution is 2.02. The first-order chi connectivity index (χ1) is 5.25. The van der Waals surface area contributed by atoms with Crippen LogP contribution in [-0.2, 0) is 0 Å². The number of aromatic nitrogens is 1. The molecule has 0 spiro atoms. The third-order valence-corrected chi connectivity index (χ3v) is 1.92. The highest BCUT2D eigenvalue weighted by molar-refractivity contribution is 5.40. The van der Waals surface area contributed by atoms with E-state index in [9.17, 15) is 4.39 Å². The average molecular weight is 151 g/mol. The summed E-state index contributed by atoms with van der Waals surface area (Å²) >= 11 is 0. The van der Waals surface area contributed by atoms with Gasteiger partial charge >= 0.3 is 0 Å². The summed E-state index contributed by atoms with van der Waals surface area (Å²) in [5.41, 5.74) is 1.09. The fourth-order valence-corrected chi connectivity index (χ4v) is 1.43. The number of hydrogen-bond acceptors (Lipinski definition) is 0. The van der Waals surface area contributed by atoms with Gasteiger partial charge in [0.25, 0.3) is 0 Å². The Labute approximate surface area is 64.2 Å². The highest BCUT2D eigenvalue weighted by Gasteiger charge is 2.05. The molecule has 11 heavy (non-hydrogen) atoms. The number of alkyl halides is 1. The lowest BCUT2D eigenvalue weighted by atomic mass is 10.1. The fourth-order valence-electron chi connectivity index (χ4n) is 1.43. The first-order valence-corrected chi connectivity index (χ1v) is 3.77. The van der Waals surface area contributed by atoms with Gasteiger partial charge in [-0.05, 0) is 24.3 Å². The summed E-state index contributed by atoms with van der Waals surface area (Å²) < 4.78 is 12.8. The smallest absolute Gasteiger partial charge is 0.123 e. The number of nitrogens with one attached hydrogen (secondary N) is 1. The van der Waals surface area contributed by atoms with Crippen molar-refractivity contribution in [3.8, 4) is 0 Å². The standard InChI is InChI=1S/C9H10FN/c1-6-4-7-5-8(10)2-3-9(7)11-6/h3-5,8,11H,2H2,1H3. The molecule has 1 N–H and O–H groups in total. The van der Waals surface area contributed by atoms with Gasteiger partial charge in [0, 0.05) is 17.5 Å². The third-order valence-electron chi connectivity index (χ3n) is 1.92. The Morgan fingerprint density at radius 1 is 1.64 bits per heavy atom. The molecular weight excluding hydrogens is 141 g/mol. The zero-order valence-electron chi connectivity index (χ0n) is 6.39. The molecule has 0 bridgehead atoms. The average Bonchev–Trinajstić information content (AvgIpc) is 2.27. The Morgan fingerprint density at radius 2 is 2.45 bits per heavy atom. The summed E-state index contributed by atoms with van der Waals surface area (Å²) in [7, 11) is 0. The van der Waals surface area contributed by atoms with Crippen molar-refractivity contribution >= 4 is 12.2 Å². The monoisotopic (exact) mass is 151 g/mol. The van der Waals surface area contributed by atoms with Gasteiger partial charge in [-0.15, -0.1) is 0 Å². The van der Waals surface area contributed by atoms with Gasteiger partial charge in [0.1, 0.15) is 6.17 Å². The van der Waals surface area contributed by atoms with Gasteiger partial charge in [-0.3, -0.25) is 0 Å². The van der Waals surface area contributed by atoms with E-state index >= 15 is 0 Å². The van der Waals surface area contributed by atoms with Gasteiger partial charge in [-0.1, -0.05) is 6.08 Å². The second-order valence-electron chi connectivity index (χ2n) is 2.94. The number of halogens is 1. The number of fused-ring (bicyclic) bond motifs is 1. The number of rotatable bonds is 0. The van der Waals surface area contributed by atoms with E-state index < -0.39 is 6.17 Å². The van der Waals surface area contributed by atoms with Crippen molar-refractivity contribution in [2.75, 3.05) is 0 Å². The van der Waals surface area contributed by atoms with E-state index in [2.05, 4.69) is 4.98 Å². The summed E-state index contributed by atoms with van der Waals surface area (Å²) in [6, 6.07) is 1.97. The molecule has 2 heteroatoms. The van der Waals surface area contributed by atoms with E-state index in [0.29, 0.717) is 6.42 Å². The third kappa shape index (κ3) is 1.09. The largest absolute Gasteiger partial charge is 0.359 e. The summed E-state index contributed by atoms with van der Waals surface area (Å²) in [6.07, 6.45) is 3.29. The van der Waals surface area contributed by atoms with Crippen molar-refractivity contribution in [1.29, 1.82) is 0 Å². The molecule has 1 atom stereocenters. The van der Waals surface area contributed by atoms with Crippen LogP contribution in [0.25, 0.3) is 12.2 Å². The molecule has 2 rings (SSSR count). The predicted octanol–water partition coefficient (Wildman–Crippen LogP) is 0.626. The summed E-state index contributed by atoms with van der Waals surface area (Å²) in [4.78, 5) is 3.16. The molecular formula is C9H10FN. The summed E-state index contributed by atoms with van der Waals surface area (Å²) in [5.74, 6) is 0. The first-order valence-electron chi connectivity index (χ1n) is 3.77. The second kappa shape index (κ2) is 2.22. The molecule has 1 nitrogen and oxygen atoms in total. The lowest BCUT2D eigenvalue weighted by Gasteiger charge is -1.99. The van der Waals surface area contributed by atoms with Gasteiger partial charge in [-0.2, -0.15) is 0 Å². The first kappa shape index (κ1) is 6.65. The number of hydrogen-bond donors (Lipinski definition) is 1. The van der Waals surface area contributed by atoms with Crippen molar-refractivity contribution < 1.29 is 4.39 Å². The normalized spacial score (nSPS) is 21.8. The zero-order valence-corrected chi connectivity index (χ0v) is 6.39. The van der Waals surface area contributed by atoms with Crippen LogP contribution in [0, 0.1) is 6.92 Å². The minimum atomic E-state index is -0.794. The lowest BCUT2D eigenvalue weighted by molar-refractivity contribution is 0.428. The SMILES string of the molecule is Cc1cc2c([nH]1)=CCC(F)C=2. The fraction of sp³-hybridized carbons (Fsp3) is 0.333. The maximum atomic E-state index is 12.8. The van der Waals surface area contributed by atoms with E-state index in [0.717, 1.165) is 16.3 Å². The van der Waals surface area contributed by atoms with Crippen LogP contribution < -0.4 is 10.6 Å². The molecule has 0 aliphatic heterocycles. The molecule has 0 aromatic carbocycles. The molecule has 58 valence electrons.